The summed E-state index contributed by atoms with van der Waals surface area (Å²) in [5.74, 6) is -0.0849. The number of nitrogen functional groups attached to an aromatic ring is 1. The van der Waals surface area contributed by atoms with E-state index >= 15 is 0 Å². The molecule has 0 unspecified atom stereocenters. The highest BCUT2D eigenvalue weighted by atomic mass is 16.1. The molecule has 0 atom stereocenters. The van der Waals surface area contributed by atoms with Gasteiger partial charge in [0.1, 0.15) is 11.5 Å². The molecule has 1 amide bonds. The van der Waals surface area contributed by atoms with Crippen molar-refractivity contribution in [2.75, 3.05) is 5.73 Å². The zero-order valence-corrected chi connectivity index (χ0v) is 10.2. The number of nitrogens with one attached hydrogen (secondary N) is 1. The monoisotopic (exact) mass is 246 g/mol. The van der Waals surface area contributed by atoms with Crippen LogP contribution in [0.4, 0.5) is 5.82 Å². The molecular formula is C11H14N6O. The maximum atomic E-state index is 11.8. The maximum Gasteiger partial charge on any atom is 0.271 e. The normalized spacial score (nSPS) is 10.3. The molecule has 0 saturated carbocycles. The third-order valence-electron chi connectivity index (χ3n) is 2.66. The molecule has 0 aliphatic heterocycles. The first-order chi connectivity index (χ1) is 8.58. The standard InChI is InChI=1S/C11H14N6O/c1-7-8(4-15-17(7)2)3-14-11(18)9-5-13-6-10(12)16-9/h4-6H,3H2,1-2H3,(H2,12,16)(H,14,18). The van der Waals surface area contributed by atoms with Gasteiger partial charge in [0.2, 0.25) is 0 Å². The van der Waals surface area contributed by atoms with Gasteiger partial charge in [0.15, 0.2) is 0 Å². The van der Waals surface area contributed by atoms with Crippen molar-refractivity contribution in [1.29, 1.82) is 0 Å². The molecule has 18 heavy (non-hydrogen) atoms. The molecule has 2 aromatic rings. The van der Waals surface area contributed by atoms with Crippen LogP contribution in [0.1, 0.15) is 21.7 Å². The van der Waals surface area contributed by atoms with Gasteiger partial charge < -0.3 is 11.1 Å². The van der Waals surface area contributed by atoms with Gasteiger partial charge in [0.25, 0.3) is 5.91 Å². The lowest BCUT2D eigenvalue weighted by atomic mass is 10.2. The van der Waals surface area contributed by atoms with Crippen molar-refractivity contribution in [3.63, 3.8) is 0 Å². The van der Waals surface area contributed by atoms with Gasteiger partial charge in [-0.15, -0.1) is 0 Å². The molecule has 0 saturated heterocycles. The van der Waals surface area contributed by atoms with E-state index in [9.17, 15) is 4.79 Å². The second-order valence-electron chi connectivity index (χ2n) is 3.89. The minimum Gasteiger partial charge on any atom is -0.382 e. The summed E-state index contributed by atoms with van der Waals surface area (Å²) in [7, 11) is 1.85. The Balaban J connectivity index is 2.03. The number of hydrogen-bond donors (Lipinski definition) is 2. The van der Waals surface area contributed by atoms with Crippen LogP contribution in [0.15, 0.2) is 18.6 Å². The Bertz CT molecular complexity index is 577. The van der Waals surface area contributed by atoms with Crippen molar-refractivity contribution in [3.05, 3.63) is 35.5 Å². The van der Waals surface area contributed by atoms with Crippen LogP contribution in [0.25, 0.3) is 0 Å². The second-order valence-corrected chi connectivity index (χ2v) is 3.89. The third-order valence-corrected chi connectivity index (χ3v) is 2.66. The third kappa shape index (κ3) is 2.45. The van der Waals surface area contributed by atoms with E-state index in [-0.39, 0.29) is 17.4 Å². The predicted octanol–water partition coefficient (Wildman–Crippen LogP) is 0.0307. The zero-order chi connectivity index (χ0) is 13.1. The number of aryl methyl sites for hydroxylation is 1. The van der Waals surface area contributed by atoms with E-state index in [2.05, 4.69) is 20.4 Å². The summed E-state index contributed by atoms with van der Waals surface area (Å²) in [5, 5.41) is 6.84. The predicted molar refractivity (Wildman–Crippen MR) is 65.6 cm³/mol. The van der Waals surface area contributed by atoms with Crippen LogP contribution in [0.5, 0.6) is 0 Å². The van der Waals surface area contributed by atoms with Gasteiger partial charge in [-0.05, 0) is 6.92 Å². The van der Waals surface area contributed by atoms with E-state index in [4.69, 9.17) is 5.73 Å². The van der Waals surface area contributed by atoms with E-state index in [1.54, 1.807) is 10.9 Å². The highest BCUT2D eigenvalue weighted by Gasteiger charge is 2.09. The number of aromatic nitrogens is 4. The number of nitrogens with two attached hydrogens (primary N) is 1. The van der Waals surface area contributed by atoms with Gasteiger partial charge >= 0.3 is 0 Å². The molecule has 0 spiro atoms. The average molecular weight is 246 g/mol. The van der Waals surface area contributed by atoms with Gasteiger partial charge in [-0.3, -0.25) is 14.5 Å². The molecule has 0 radical (unpaired) electrons. The van der Waals surface area contributed by atoms with E-state index in [0.717, 1.165) is 11.3 Å². The molecule has 2 aromatic heterocycles. The SMILES string of the molecule is Cc1c(CNC(=O)c2cncc(N)n2)cnn1C. The van der Waals surface area contributed by atoms with Crippen molar-refractivity contribution in [3.8, 4) is 0 Å². The summed E-state index contributed by atoms with van der Waals surface area (Å²) < 4.78 is 1.75. The van der Waals surface area contributed by atoms with Crippen LogP contribution in [0, 0.1) is 6.92 Å². The van der Waals surface area contributed by atoms with Gasteiger partial charge in [-0.25, -0.2) is 4.98 Å². The topological polar surface area (TPSA) is 98.7 Å². The first-order valence-electron chi connectivity index (χ1n) is 5.41. The van der Waals surface area contributed by atoms with Crippen molar-refractivity contribution < 1.29 is 4.79 Å². The van der Waals surface area contributed by atoms with Crippen LogP contribution < -0.4 is 11.1 Å². The molecule has 0 aliphatic carbocycles. The Morgan fingerprint density at radius 2 is 2.22 bits per heavy atom. The molecule has 94 valence electrons. The van der Waals surface area contributed by atoms with Gasteiger partial charge in [0.05, 0.1) is 18.6 Å². The van der Waals surface area contributed by atoms with Crippen LogP contribution in [0.2, 0.25) is 0 Å². The Labute approximate surface area is 104 Å². The van der Waals surface area contributed by atoms with Crippen molar-refractivity contribution in [2.24, 2.45) is 7.05 Å². The van der Waals surface area contributed by atoms with E-state index in [0.29, 0.717) is 6.54 Å². The lowest BCUT2D eigenvalue weighted by Crippen LogP contribution is -2.24. The summed E-state index contributed by atoms with van der Waals surface area (Å²) in [5.41, 5.74) is 7.64. The summed E-state index contributed by atoms with van der Waals surface area (Å²) in [6.45, 7) is 2.34. The lowest BCUT2D eigenvalue weighted by molar-refractivity contribution is 0.0945. The fourth-order valence-corrected chi connectivity index (χ4v) is 1.47. The van der Waals surface area contributed by atoms with Crippen LogP contribution in [-0.2, 0) is 13.6 Å². The quantitative estimate of drug-likeness (QED) is 0.796. The fourth-order valence-electron chi connectivity index (χ4n) is 1.47. The van der Waals surface area contributed by atoms with Gasteiger partial charge in [-0.1, -0.05) is 0 Å². The molecule has 0 aliphatic rings. The van der Waals surface area contributed by atoms with Crippen molar-refractivity contribution in [1.82, 2.24) is 25.1 Å². The number of carbonyl (C=O) groups is 1. The fraction of sp³-hybridized carbons (Fsp3) is 0.273. The summed E-state index contributed by atoms with van der Waals surface area (Å²) in [6, 6.07) is 0. The van der Waals surface area contributed by atoms with E-state index < -0.39 is 0 Å². The summed E-state index contributed by atoms with van der Waals surface area (Å²) in [6.07, 6.45) is 4.49. The first kappa shape index (κ1) is 12.0. The zero-order valence-electron chi connectivity index (χ0n) is 10.2. The minimum absolute atomic E-state index is 0.205. The van der Waals surface area contributed by atoms with Crippen molar-refractivity contribution in [2.45, 2.75) is 13.5 Å². The Hall–Kier alpha value is -2.44. The summed E-state index contributed by atoms with van der Waals surface area (Å²) in [4.78, 5) is 19.5. The van der Waals surface area contributed by atoms with E-state index in [1.165, 1.54) is 12.4 Å². The number of amides is 1. The number of carbonyl (C=O) groups excluding carboxylic acids is 1. The average Bonchev–Trinajstić information content (AvgIpc) is 2.67. The maximum absolute atomic E-state index is 11.8. The molecule has 0 bridgehead atoms. The Kier molecular flexibility index (Phi) is 3.22. The molecule has 0 aromatic carbocycles. The highest BCUT2D eigenvalue weighted by Crippen LogP contribution is 2.05. The molecule has 0 fully saturated rings. The van der Waals surface area contributed by atoms with Crippen LogP contribution in [0.3, 0.4) is 0 Å². The second kappa shape index (κ2) is 4.82. The molecule has 7 heteroatoms. The molecule has 3 N–H and O–H groups in total. The first-order valence-corrected chi connectivity index (χ1v) is 5.41. The highest BCUT2D eigenvalue weighted by molar-refractivity contribution is 5.92. The molecular weight excluding hydrogens is 232 g/mol. The molecule has 2 rings (SSSR count). The van der Waals surface area contributed by atoms with Crippen molar-refractivity contribution >= 4 is 11.7 Å². The molecule has 7 nitrogen and oxygen atoms in total. The van der Waals surface area contributed by atoms with Gasteiger partial charge in [0, 0.05) is 24.8 Å². The number of hydrogen-bond acceptors (Lipinski definition) is 5. The Morgan fingerprint density at radius 1 is 1.44 bits per heavy atom. The van der Waals surface area contributed by atoms with E-state index in [1.807, 2.05) is 14.0 Å². The largest absolute Gasteiger partial charge is 0.382 e. The summed E-state index contributed by atoms with van der Waals surface area (Å²) >= 11 is 0. The number of anilines is 1. The lowest BCUT2D eigenvalue weighted by Gasteiger charge is -2.04. The van der Waals surface area contributed by atoms with Crippen LogP contribution >= 0.6 is 0 Å². The van der Waals surface area contributed by atoms with Crippen LogP contribution in [-0.4, -0.2) is 25.7 Å². The smallest absolute Gasteiger partial charge is 0.271 e. The minimum atomic E-state index is -0.307. The number of nitrogens with zero attached hydrogens (tertiary/aromatic N) is 4. The molecule has 2 heterocycles. The van der Waals surface area contributed by atoms with Gasteiger partial charge in [-0.2, -0.15) is 5.10 Å². The number of rotatable bonds is 3. The Morgan fingerprint density at radius 3 is 2.83 bits per heavy atom.